The Balaban J connectivity index is 2.06. The van der Waals surface area contributed by atoms with E-state index in [1.807, 2.05) is 60.7 Å². The largest absolute Gasteiger partial charge is 0.329 e. The zero-order valence-corrected chi connectivity index (χ0v) is 11.4. The molecule has 0 aliphatic heterocycles. The predicted octanol–water partition coefficient (Wildman–Crippen LogP) is 3.47. The molecule has 20 heavy (non-hydrogen) atoms. The lowest BCUT2D eigenvalue weighted by molar-refractivity contribution is -0.119. The Bertz CT molecular complexity index is 567. The third-order valence-corrected chi connectivity index (χ3v) is 2.75. The van der Waals surface area contributed by atoms with Gasteiger partial charge in [-0.1, -0.05) is 60.7 Å². The Morgan fingerprint density at radius 3 is 2.25 bits per heavy atom. The Labute approximate surface area is 118 Å². The van der Waals surface area contributed by atoms with Crippen molar-refractivity contribution < 1.29 is 4.79 Å². The summed E-state index contributed by atoms with van der Waals surface area (Å²) < 4.78 is 0. The van der Waals surface area contributed by atoms with Crippen LogP contribution < -0.4 is 5.32 Å². The third-order valence-electron chi connectivity index (χ3n) is 2.75. The van der Waals surface area contributed by atoms with Gasteiger partial charge >= 0.3 is 0 Å². The number of amides is 1. The summed E-state index contributed by atoms with van der Waals surface area (Å²) in [5.74, 6) is -0.127. The molecule has 1 atom stereocenters. The molecule has 2 aromatic carbocycles. The van der Waals surface area contributed by atoms with Gasteiger partial charge in [-0.25, -0.2) is 0 Å². The van der Waals surface area contributed by atoms with Crippen molar-refractivity contribution in [3.8, 4) is 0 Å². The molecule has 0 radical (unpaired) electrons. The van der Waals surface area contributed by atoms with E-state index in [0.29, 0.717) is 6.54 Å². The molecule has 1 N–H and O–H groups in total. The second kappa shape index (κ2) is 7.19. The molecule has 0 saturated carbocycles. The van der Waals surface area contributed by atoms with Crippen LogP contribution in [0, 0.1) is 0 Å². The fourth-order valence-electron chi connectivity index (χ4n) is 1.79. The van der Waals surface area contributed by atoms with Gasteiger partial charge in [0, 0.05) is 6.92 Å². The van der Waals surface area contributed by atoms with E-state index < -0.39 is 6.17 Å². The van der Waals surface area contributed by atoms with E-state index in [1.165, 1.54) is 6.92 Å². The molecule has 1 amide bonds. The molecule has 0 spiro atoms. The van der Waals surface area contributed by atoms with Crippen molar-refractivity contribution in [3.63, 3.8) is 0 Å². The molecule has 0 fully saturated rings. The quantitative estimate of drug-likeness (QED) is 0.828. The molecule has 0 aromatic heterocycles. The van der Waals surface area contributed by atoms with Gasteiger partial charge in [0.1, 0.15) is 0 Å². The summed E-state index contributed by atoms with van der Waals surface area (Å²) in [4.78, 5) is 11.2. The van der Waals surface area contributed by atoms with Crippen LogP contribution >= 0.6 is 0 Å². The molecule has 0 bridgehead atoms. The van der Waals surface area contributed by atoms with Gasteiger partial charge in [-0.3, -0.25) is 4.79 Å². The van der Waals surface area contributed by atoms with Gasteiger partial charge in [0.2, 0.25) is 5.91 Å². The number of hydrogen-bond acceptors (Lipinski definition) is 3. The van der Waals surface area contributed by atoms with Crippen LogP contribution in [0.15, 0.2) is 70.9 Å². The zero-order valence-electron chi connectivity index (χ0n) is 11.4. The van der Waals surface area contributed by atoms with Crippen LogP contribution in [0.5, 0.6) is 0 Å². The maximum Gasteiger partial charge on any atom is 0.218 e. The Morgan fingerprint density at radius 1 is 1.05 bits per heavy atom. The average molecular weight is 267 g/mol. The molecule has 2 rings (SSSR count). The predicted molar refractivity (Wildman–Crippen MR) is 78.0 cm³/mol. The first-order valence-electron chi connectivity index (χ1n) is 6.48. The lowest BCUT2D eigenvalue weighted by Crippen LogP contribution is -2.24. The number of nitrogens with one attached hydrogen (secondary N) is 1. The maximum atomic E-state index is 11.2. The van der Waals surface area contributed by atoms with Crippen molar-refractivity contribution in [1.82, 2.24) is 5.32 Å². The first-order valence-corrected chi connectivity index (χ1v) is 6.48. The Hall–Kier alpha value is -2.49. The molecule has 0 aliphatic carbocycles. The van der Waals surface area contributed by atoms with Gasteiger partial charge in [-0.2, -0.15) is 10.2 Å². The fourth-order valence-corrected chi connectivity index (χ4v) is 1.79. The summed E-state index contributed by atoms with van der Waals surface area (Å²) in [7, 11) is 0. The van der Waals surface area contributed by atoms with Gasteiger partial charge in [-0.15, -0.1) is 0 Å². The summed E-state index contributed by atoms with van der Waals surface area (Å²) in [5.41, 5.74) is 2.00. The van der Waals surface area contributed by atoms with Crippen molar-refractivity contribution in [2.24, 2.45) is 10.2 Å². The van der Waals surface area contributed by atoms with E-state index in [0.717, 1.165) is 11.1 Å². The minimum atomic E-state index is -0.433. The minimum Gasteiger partial charge on any atom is -0.329 e. The monoisotopic (exact) mass is 267 g/mol. The summed E-state index contributed by atoms with van der Waals surface area (Å²) in [5, 5.41) is 11.2. The van der Waals surface area contributed by atoms with Gasteiger partial charge in [-0.05, 0) is 11.1 Å². The summed E-state index contributed by atoms with van der Waals surface area (Å²) in [6.07, 6.45) is -0.433. The SMILES string of the molecule is CC(=O)NC(N=NCc1ccccc1)c1ccccc1. The van der Waals surface area contributed by atoms with E-state index in [2.05, 4.69) is 15.5 Å². The number of hydrogen-bond donors (Lipinski definition) is 1. The highest BCUT2D eigenvalue weighted by atomic mass is 16.1. The third kappa shape index (κ3) is 4.31. The van der Waals surface area contributed by atoms with E-state index in [9.17, 15) is 4.79 Å². The normalized spacial score (nSPS) is 12.2. The van der Waals surface area contributed by atoms with Crippen molar-refractivity contribution in [2.75, 3.05) is 0 Å². The van der Waals surface area contributed by atoms with E-state index in [-0.39, 0.29) is 5.91 Å². The zero-order chi connectivity index (χ0) is 14.2. The molecule has 4 heteroatoms. The van der Waals surface area contributed by atoms with Gasteiger partial charge in [0.25, 0.3) is 0 Å². The minimum absolute atomic E-state index is 0.127. The average Bonchev–Trinajstić information content (AvgIpc) is 2.48. The molecular weight excluding hydrogens is 250 g/mol. The first-order chi connectivity index (χ1) is 9.75. The molecule has 0 heterocycles. The molecule has 2 aromatic rings. The van der Waals surface area contributed by atoms with Gasteiger partial charge in [0.15, 0.2) is 6.17 Å². The number of carbonyl (C=O) groups is 1. The number of carbonyl (C=O) groups excluding carboxylic acids is 1. The number of rotatable bonds is 5. The molecule has 0 saturated heterocycles. The van der Waals surface area contributed by atoms with Gasteiger partial charge in [0.05, 0.1) is 6.54 Å². The van der Waals surface area contributed by atoms with Crippen molar-refractivity contribution in [2.45, 2.75) is 19.6 Å². The number of azo groups is 1. The second-order valence-corrected chi connectivity index (χ2v) is 4.41. The lowest BCUT2D eigenvalue weighted by atomic mass is 10.2. The van der Waals surface area contributed by atoms with Crippen LogP contribution in [-0.2, 0) is 11.3 Å². The van der Waals surface area contributed by atoms with Gasteiger partial charge < -0.3 is 5.32 Å². The maximum absolute atomic E-state index is 11.2. The molecule has 4 nitrogen and oxygen atoms in total. The summed E-state index contributed by atoms with van der Waals surface area (Å²) in [6, 6.07) is 19.5. The molecule has 0 aliphatic rings. The molecular formula is C16H17N3O. The molecule has 102 valence electrons. The second-order valence-electron chi connectivity index (χ2n) is 4.41. The highest BCUT2D eigenvalue weighted by Crippen LogP contribution is 2.15. The van der Waals surface area contributed by atoms with Crippen LogP contribution in [0.4, 0.5) is 0 Å². The standard InChI is InChI=1S/C16H17N3O/c1-13(20)18-16(15-10-6-3-7-11-15)19-17-12-14-8-4-2-5-9-14/h2-11,16H,12H2,1H3,(H,18,20). The first kappa shape index (κ1) is 13.9. The van der Waals surface area contributed by atoms with Crippen LogP contribution in [0.1, 0.15) is 24.2 Å². The van der Waals surface area contributed by atoms with Crippen molar-refractivity contribution in [1.29, 1.82) is 0 Å². The lowest BCUT2D eigenvalue weighted by Gasteiger charge is -2.12. The van der Waals surface area contributed by atoms with Crippen molar-refractivity contribution >= 4 is 5.91 Å². The van der Waals surface area contributed by atoms with E-state index in [4.69, 9.17) is 0 Å². The van der Waals surface area contributed by atoms with Crippen LogP contribution in [-0.4, -0.2) is 5.91 Å². The fraction of sp³-hybridized carbons (Fsp3) is 0.188. The summed E-state index contributed by atoms with van der Waals surface area (Å²) in [6.45, 7) is 1.98. The van der Waals surface area contributed by atoms with E-state index in [1.54, 1.807) is 0 Å². The van der Waals surface area contributed by atoms with Crippen LogP contribution in [0.2, 0.25) is 0 Å². The molecule has 1 unspecified atom stereocenters. The highest BCUT2D eigenvalue weighted by molar-refractivity contribution is 5.73. The topological polar surface area (TPSA) is 53.8 Å². The summed E-state index contributed by atoms with van der Waals surface area (Å²) >= 11 is 0. The Kier molecular flexibility index (Phi) is 5.00. The van der Waals surface area contributed by atoms with E-state index >= 15 is 0 Å². The number of nitrogens with zero attached hydrogens (tertiary/aromatic N) is 2. The smallest absolute Gasteiger partial charge is 0.218 e. The van der Waals surface area contributed by atoms with Crippen molar-refractivity contribution in [3.05, 3.63) is 71.8 Å². The Morgan fingerprint density at radius 2 is 1.65 bits per heavy atom. The highest BCUT2D eigenvalue weighted by Gasteiger charge is 2.10. The number of benzene rings is 2. The van der Waals surface area contributed by atoms with Crippen LogP contribution in [0.3, 0.4) is 0 Å². The van der Waals surface area contributed by atoms with Crippen LogP contribution in [0.25, 0.3) is 0 Å².